The molecule has 0 aliphatic carbocycles. The highest BCUT2D eigenvalue weighted by molar-refractivity contribution is 7.94. The maximum atomic E-state index is 13.3. The Morgan fingerprint density at radius 1 is 0.847 bits per heavy atom. The summed E-state index contributed by atoms with van der Waals surface area (Å²) in [6.45, 7) is 6.04. The zero-order chi connectivity index (χ0) is 42.3. The standard InChI is InChI=1S/C41H38N4O12S2/c1-23-10-15-34(24(2)18-23)54-17-7-6-16-42-41(49)32-22-35(30-8-4-5-9-31(30)39(32)47)55-28-13-11-27(12-14-28)44-45-38-36(58-57-56-50)20-26-19-29(59(51,52)53)21-33(43-25(3)46)37(26)40(38)48/h4-5,8-15,18-22,47-48,50H,6-7,16-17H2,1-3H3,(H,42,49)(H,43,46)(H,51,52,53). The minimum atomic E-state index is -4.73. The number of benzene rings is 6. The molecule has 0 unspecified atom stereocenters. The van der Waals surface area contributed by atoms with Crippen LogP contribution >= 0.6 is 12.0 Å². The third-order valence-corrected chi connectivity index (χ3v) is 10.3. The fourth-order valence-electron chi connectivity index (χ4n) is 6.18. The minimum absolute atomic E-state index is 0.00438. The van der Waals surface area contributed by atoms with Crippen LogP contribution in [0, 0.1) is 13.8 Å². The molecule has 6 rings (SSSR count). The van der Waals surface area contributed by atoms with Gasteiger partial charge in [-0.05, 0) is 92.2 Å². The van der Waals surface area contributed by atoms with Crippen LogP contribution in [-0.2, 0) is 24.3 Å². The molecule has 0 aliphatic heterocycles. The number of nitrogens with one attached hydrogen (secondary N) is 2. The maximum Gasteiger partial charge on any atom is 0.294 e. The van der Waals surface area contributed by atoms with Gasteiger partial charge in [0, 0.05) is 29.6 Å². The van der Waals surface area contributed by atoms with E-state index in [0.29, 0.717) is 60.3 Å². The zero-order valence-electron chi connectivity index (χ0n) is 31.8. The minimum Gasteiger partial charge on any atom is -0.506 e. The van der Waals surface area contributed by atoms with Gasteiger partial charge in [0.25, 0.3) is 16.0 Å². The number of carbonyl (C=O) groups is 2. The Morgan fingerprint density at radius 3 is 2.29 bits per heavy atom. The number of amides is 2. The summed E-state index contributed by atoms with van der Waals surface area (Å²) in [5.74, 6) is -0.331. The van der Waals surface area contributed by atoms with Gasteiger partial charge in [0.05, 0.1) is 45.4 Å². The van der Waals surface area contributed by atoms with Crippen molar-refractivity contribution in [2.45, 2.75) is 43.4 Å². The van der Waals surface area contributed by atoms with E-state index in [-0.39, 0.29) is 44.0 Å². The van der Waals surface area contributed by atoms with Crippen LogP contribution in [0.2, 0.25) is 0 Å². The average molecular weight is 843 g/mol. The number of hydrogen-bond donors (Lipinski definition) is 6. The highest BCUT2D eigenvalue weighted by Gasteiger charge is 2.22. The normalized spacial score (nSPS) is 11.6. The Labute approximate surface area is 342 Å². The predicted molar refractivity (Wildman–Crippen MR) is 220 cm³/mol. The summed E-state index contributed by atoms with van der Waals surface area (Å²) in [5, 5.41) is 49.6. The lowest BCUT2D eigenvalue weighted by atomic mass is 10.0. The van der Waals surface area contributed by atoms with E-state index in [1.165, 1.54) is 19.1 Å². The number of rotatable bonds is 16. The quantitative estimate of drug-likeness (QED) is 0.0133. The highest BCUT2D eigenvalue weighted by Crippen LogP contribution is 2.47. The van der Waals surface area contributed by atoms with Crippen LogP contribution in [0.1, 0.15) is 41.3 Å². The topological polar surface area (TPSA) is 235 Å². The second-order valence-corrected chi connectivity index (χ2v) is 15.4. The van der Waals surface area contributed by atoms with Gasteiger partial charge < -0.3 is 30.3 Å². The van der Waals surface area contributed by atoms with Gasteiger partial charge in [-0.1, -0.05) is 47.0 Å². The number of aromatic hydroxyl groups is 2. The van der Waals surface area contributed by atoms with E-state index < -0.39 is 32.6 Å². The molecule has 0 radical (unpaired) electrons. The van der Waals surface area contributed by atoms with Gasteiger partial charge in [0.15, 0.2) is 5.75 Å². The first-order valence-electron chi connectivity index (χ1n) is 17.9. The molecule has 6 N–H and O–H groups in total. The third-order valence-electron chi connectivity index (χ3n) is 8.88. The number of fused-ring (bicyclic) bond motifs is 2. The van der Waals surface area contributed by atoms with Crippen molar-refractivity contribution in [3.05, 3.63) is 108 Å². The van der Waals surface area contributed by atoms with E-state index in [9.17, 15) is 32.8 Å². The van der Waals surface area contributed by atoms with Crippen molar-refractivity contribution in [3.8, 4) is 28.7 Å². The first-order valence-corrected chi connectivity index (χ1v) is 20.1. The Balaban J connectivity index is 1.20. The average Bonchev–Trinajstić information content (AvgIpc) is 3.19. The number of hydrogen-bond acceptors (Lipinski definition) is 14. The second kappa shape index (κ2) is 18.5. The lowest BCUT2D eigenvalue weighted by molar-refractivity contribution is -0.432. The van der Waals surface area contributed by atoms with Gasteiger partial charge in [-0.15, -0.1) is 9.45 Å². The van der Waals surface area contributed by atoms with Crippen molar-refractivity contribution in [1.29, 1.82) is 0 Å². The zero-order valence-corrected chi connectivity index (χ0v) is 33.4. The molecule has 0 fully saturated rings. The molecular formula is C41H38N4O12S2. The summed E-state index contributed by atoms with van der Waals surface area (Å²) in [6.07, 6.45) is 1.36. The van der Waals surface area contributed by atoms with E-state index in [4.69, 9.17) is 14.7 Å². The Hall–Kier alpha value is -6.28. The molecule has 0 heterocycles. The molecule has 0 aromatic heterocycles. The van der Waals surface area contributed by atoms with E-state index >= 15 is 0 Å². The lowest BCUT2D eigenvalue weighted by Crippen LogP contribution is -2.25. The lowest BCUT2D eigenvalue weighted by Gasteiger charge is -2.14. The number of nitrogens with zero attached hydrogens (tertiary/aromatic N) is 2. The molecule has 0 bridgehead atoms. The van der Waals surface area contributed by atoms with Crippen molar-refractivity contribution in [2.24, 2.45) is 10.2 Å². The fourth-order valence-corrected chi connectivity index (χ4v) is 7.21. The number of aryl methyl sites for hydroxylation is 2. The number of carbonyl (C=O) groups excluding carboxylic acids is 2. The SMILES string of the molecule is CC(=O)Nc1cc(S(=O)(=O)O)cc2cc(SOOO)c(N=Nc3ccc(Oc4cc(C(=O)NCCCCOc5ccc(C)cc5C)c(O)c5ccccc45)cc3)c(O)c12. The third kappa shape index (κ3) is 10.2. The number of phenolic OH excluding ortho intramolecular Hbond substituents is 2. The van der Waals surface area contributed by atoms with Crippen LogP contribution in [-0.4, -0.2) is 53.4 Å². The smallest absolute Gasteiger partial charge is 0.294 e. The van der Waals surface area contributed by atoms with Gasteiger partial charge in [0.1, 0.15) is 28.7 Å². The Kier molecular flexibility index (Phi) is 13.3. The molecule has 306 valence electrons. The van der Waals surface area contributed by atoms with Crippen LogP contribution in [0.25, 0.3) is 21.5 Å². The Morgan fingerprint density at radius 2 is 1.59 bits per heavy atom. The molecule has 0 spiro atoms. The van der Waals surface area contributed by atoms with E-state index in [0.717, 1.165) is 29.0 Å². The number of phenols is 2. The van der Waals surface area contributed by atoms with Crippen molar-refractivity contribution in [1.82, 2.24) is 5.32 Å². The fraction of sp³-hybridized carbons (Fsp3) is 0.171. The highest BCUT2D eigenvalue weighted by atomic mass is 32.2. The van der Waals surface area contributed by atoms with E-state index in [1.807, 2.05) is 26.0 Å². The molecule has 0 aliphatic rings. The molecule has 59 heavy (non-hydrogen) atoms. The van der Waals surface area contributed by atoms with Crippen LogP contribution in [0.4, 0.5) is 17.1 Å². The molecule has 0 atom stereocenters. The van der Waals surface area contributed by atoms with Crippen LogP contribution in [0.15, 0.2) is 111 Å². The van der Waals surface area contributed by atoms with Crippen LogP contribution < -0.4 is 20.1 Å². The van der Waals surface area contributed by atoms with Gasteiger partial charge in [0.2, 0.25) is 5.91 Å². The molecule has 6 aromatic rings. The molecule has 0 saturated heterocycles. The molecule has 2 amide bonds. The number of ether oxygens (including phenoxy) is 2. The van der Waals surface area contributed by atoms with Crippen molar-refractivity contribution in [2.75, 3.05) is 18.5 Å². The monoisotopic (exact) mass is 842 g/mol. The largest absolute Gasteiger partial charge is 0.506 e. The Bertz CT molecular complexity index is 2690. The van der Waals surface area contributed by atoms with Crippen LogP contribution in [0.5, 0.6) is 28.7 Å². The maximum absolute atomic E-state index is 13.3. The summed E-state index contributed by atoms with van der Waals surface area (Å²) in [5.41, 5.74) is 2.18. The first-order chi connectivity index (χ1) is 28.2. The van der Waals surface area contributed by atoms with Gasteiger partial charge in [-0.2, -0.15) is 13.5 Å². The summed E-state index contributed by atoms with van der Waals surface area (Å²) in [4.78, 5) is 24.7. The molecule has 6 aromatic carbocycles. The van der Waals surface area contributed by atoms with Crippen molar-refractivity contribution >= 4 is 72.6 Å². The van der Waals surface area contributed by atoms with Gasteiger partial charge in [-0.3, -0.25) is 14.1 Å². The summed E-state index contributed by atoms with van der Waals surface area (Å²) >= 11 is 0.403. The molecule has 16 nitrogen and oxygen atoms in total. The van der Waals surface area contributed by atoms with Gasteiger partial charge in [-0.25, -0.2) is 5.26 Å². The molecular weight excluding hydrogens is 805 g/mol. The number of anilines is 1. The number of unbranched alkanes of at least 4 members (excludes halogenated alkanes) is 1. The molecule has 0 saturated carbocycles. The van der Waals surface area contributed by atoms with Crippen molar-refractivity contribution < 1.29 is 56.9 Å². The van der Waals surface area contributed by atoms with E-state index in [2.05, 4.69) is 36.3 Å². The van der Waals surface area contributed by atoms with Crippen LogP contribution in [0.3, 0.4) is 0 Å². The van der Waals surface area contributed by atoms with Crippen molar-refractivity contribution in [3.63, 3.8) is 0 Å². The van der Waals surface area contributed by atoms with E-state index in [1.54, 1.807) is 48.5 Å². The number of azo groups is 1. The second-order valence-electron chi connectivity index (χ2n) is 13.2. The predicted octanol–water partition coefficient (Wildman–Crippen LogP) is 9.45. The summed E-state index contributed by atoms with van der Waals surface area (Å²) in [7, 11) is -4.73. The summed E-state index contributed by atoms with van der Waals surface area (Å²) in [6, 6.07) is 24.0. The first kappa shape index (κ1) is 42.3. The van der Waals surface area contributed by atoms with Gasteiger partial charge >= 0.3 is 0 Å². The summed E-state index contributed by atoms with van der Waals surface area (Å²) < 4.78 is 50.2. The molecule has 18 heteroatoms.